The Kier molecular flexibility index (Phi) is 6.49. The molecule has 4 N–H and O–H groups in total. The number of aliphatic hydroxyl groups is 3. The summed E-state index contributed by atoms with van der Waals surface area (Å²) in [7, 11) is 1.18. The number of carbonyl (C=O) groups excluding carboxylic acids is 2. The molecule has 0 spiro atoms. The van der Waals surface area contributed by atoms with Crippen molar-refractivity contribution in [2.24, 2.45) is 0 Å². The SMILES string of the molecule is COC(=O)[C@H](C)OC1C(O)C(CO)OC(O)C1NC(C)=O. The van der Waals surface area contributed by atoms with Crippen LogP contribution >= 0.6 is 0 Å². The Morgan fingerprint density at radius 1 is 1.38 bits per heavy atom. The van der Waals surface area contributed by atoms with Gasteiger partial charge in [0.1, 0.15) is 24.4 Å². The second kappa shape index (κ2) is 7.66. The van der Waals surface area contributed by atoms with Gasteiger partial charge in [0.05, 0.1) is 13.7 Å². The second-order valence-corrected chi connectivity index (χ2v) is 4.73. The van der Waals surface area contributed by atoms with Gasteiger partial charge < -0.3 is 34.8 Å². The van der Waals surface area contributed by atoms with Crippen LogP contribution in [-0.4, -0.2) is 77.7 Å². The fourth-order valence-electron chi connectivity index (χ4n) is 2.09. The predicted octanol–water partition coefficient (Wildman–Crippen LogP) is -2.49. The lowest BCUT2D eigenvalue weighted by Crippen LogP contribution is -2.65. The summed E-state index contributed by atoms with van der Waals surface area (Å²) < 4.78 is 14.9. The minimum Gasteiger partial charge on any atom is -0.467 e. The van der Waals surface area contributed by atoms with Gasteiger partial charge in [-0.1, -0.05) is 0 Å². The monoisotopic (exact) mass is 307 g/mol. The van der Waals surface area contributed by atoms with Crippen molar-refractivity contribution in [3.63, 3.8) is 0 Å². The van der Waals surface area contributed by atoms with E-state index in [2.05, 4.69) is 10.1 Å². The molecule has 0 saturated carbocycles. The van der Waals surface area contributed by atoms with Gasteiger partial charge >= 0.3 is 5.97 Å². The first kappa shape index (κ1) is 17.8. The van der Waals surface area contributed by atoms with Crippen LogP contribution in [0.1, 0.15) is 13.8 Å². The zero-order valence-electron chi connectivity index (χ0n) is 12.1. The molecule has 0 aromatic heterocycles. The van der Waals surface area contributed by atoms with E-state index in [4.69, 9.17) is 14.6 Å². The molecule has 0 aromatic rings. The molecule has 1 amide bonds. The van der Waals surface area contributed by atoms with Crippen molar-refractivity contribution < 1.29 is 39.1 Å². The predicted molar refractivity (Wildman–Crippen MR) is 67.9 cm³/mol. The van der Waals surface area contributed by atoms with E-state index in [1.54, 1.807) is 0 Å². The smallest absolute Gasteiger partial charge is 0.334 e. The molecule has 5 unspecified atom stereocenters. The Balaban J connectivity index is 2.92. The molecule has 21 heavy (non-hydrogen) atoms. The number of aliphatic hydroxyl groups excluding tert-OH is 3. The molecule has 1 fully saturated rings. The maximum atomic E-state index is 11.4. The van der Waals surface area contributed by atoms with Gasteiger partial charge in [-0.2, -0.15) is 0 Å². The number of methoxy groups -OCH3 is 1. The summed E-state index contributed by atoms with van der Waals surface area (Å²) in [6, 6.07) is -1.09. The second-order valence-electron chi connectivity index (χ2n) is 4.73. The molecule has 1 aliphatic heterocycles. The molecular weight excluding hydrogens is 286 g/mol. The fourth-order valence-corrected chi connectivity index (χ4v) is 2.09. The van der Waals surface area contributed by atoms with Gasteiger partial charge in [-0.05, 0) is 6.92 Å². The molecule has 1 saturated heterocycles. The average molecular weight is 307 g/mol. The Hall–Kier alpha value is -1.26. The van der Waals surface area contributed by atoms with Crippen LogP contribution in [0.2, 0.25) is 0 Å². The van der Waals surface area contributed by atoms with Crippen molar-refractivity contribution >= 4 is 11.9 Å². The molecule has 6 atom stereocenters. The lowest BCUT2D eigenvalue weighted by Gasteiger charge is -2.43. The first-order chi connectivity index (χ1) is 9.81. The van der Waals surface area contributed by atoms with E-state index < -0.39 is 55.2 Å². The molecular formula is C12H21NO8. The van der Waals surface area contributed by atoms with Crippen LogP contribution in [0.4, 0.5) is 0 Å². The zero-order valence-corrected chi connectivity index (χ0v) is 12.1. The number of ether oxygens (including phenoxy) is 3. The van der Waals surface area contributed by atoms with Gasteiger partial charge in [0.25, 0.3) is 0 Å². The highest BCUT2D eigenvalue weighted by Gasteiger charge is 2.46. The van der Waals surface area contributed by atoms with Gasteiger partial charge in [0.2, 0.25) is 5.91 Å². The van der Waals surface area contributed by atoms with E-state index in [0.29, 0.717) is 0 Å². The lowest BCUT2D eigenvalue weighted by molar-refractivity contribution is -0.267. The summed E-state index contributed by atoms with van der Waals surface area (Å²) in [6.45, 7) is 2.06. The molecule has 0 radical (unpaired) electrons. The van der Waals surface area contributed by atoms with Gasteiger partial charge in [0, 0.05) is 6.92 Å². The van der Waals surface area contributed by atoms with Crippen LogP contribution in [-0.2, 0) is 23.8 Å². The lowest BCUT2D eigenvalue weighted by atomic mass is 9.96. The first-order valence-corrected chi connectivity index (χ1v) is 6.44. The summed E-state index contributed by atoms with van der Waals surface area (Å²) in [4.78, 5) is 22.6. The minimum atomic E-state index is -1.50. The highest BCUT2D eigenvalue weighted by Crippen LogP contribution is 2.23. The Labute approximate surface area is 121 Å². The molecule has 1 rings (SSSR count). The number of nitrogens with one attached hydrogen (secondary N) is 1. The molecule has 9 nitrogen and oxygen atoms in total. The van der Waals surface area contributed by atoms with E-state index in [1.807, 2.05) is 0 Å². The molecule has 0 bridgehead atoms. The van der Waals surface area contributed by atoms with E-state index in [-0.39, 0.29) is 0 Å². The number of amides is 1. The standard InChI is InChI=1S/C12H21NO8/c1-5(11(17)19-3)20-10-8(13-6(2)15)12(18)21-7(4-14)9(10)16/h5,7-10,12,14,16,18H,4H2,1-3H3,(H,13,15)/t5-,7?,8?,9?,10?,12?/m0/s1. The quantitative estimate of drug-likeness (QED) is 0.410. The molecule has 1 heterocycles. The van der Waals surface area contributed by atoms with Crippen molar-refractivity contribution in [1.82, 2.24) is 5.32 Å². The summed E-state index contributed by atoms with van der Waals surface area (Å²) >= 11 is 0. The normalized spacial score (nSPS) is 34.1. The van der Waals surface area contributed by atoms with E-state index in [9.17, 15) is 19.8 Å². The first-order valence-electron chi connectivity index (χ1n) is 6.44. The summed E-state index contributed by atoms with van der Waals surface area (Å²) in [5.74, 6) is -1.15. The molecule has 9 heteroatoms. The Morgan fingerprint density at radius 2 is 2.00 bits per heavy atom. The zero-order chi connectivity index (χ0) is 16.2. The number of rotatable bonds is 5. The van der Waals surface area contributed by atoms with Crippen molar-refractivity contribution in [2.75, 3.05) is 13.7 Å². The molecule has 0 aromatic carbocycles. The van der Waals surface area contributed by atoms with Crippen LogP contribution in [0.5, 0.6) is 0 Å². The highest BCUT2D eigenvalue weighted by atomic mass is 16.6. The third kappa shape index (κ3) is 4.35. The third-order valence-corrected chi connectivity index (χ3v) is 3.14. The highest BCUT2D eigenvalue weighted by molar-refractivity contribution is 5.74. The molecule has 122 valence electrons. The van der Waals surface area contributed by atoms with Gasteiger partial charge in [-0.15, -0.1) is 0 Å². The van der Waals surface area contributed by atoms with E-state index >= 15 is 0 Å². The maximum absolute atomic E-state index is 11.4. The summed E-state index contributed by atoms with van der Waals surface area (Å²) in [6.07, 6.45) is -6.12. The Bertz CT molecular complexity index is 376. The van der Waals surface area contributed by atoms with Crippen molar-refractivity contribution in [3.8, 4) is 0 Å². The maximum Gasteiger partial charge on any atom is 0.334 e. The third-order valence-electron chi connectivity index (χ3n) is 3.14. The van der Waals surface area contributed by atoms with Crippen LogP contribution in [0.3, 0.4) is 0 Å². The molecule has 0 aliphatic carbocycles. The van der Waals surface area contributed by atoms with E-state index in [0.717, 1.165) is 0 Å². The minimum absolute atomic E-state index is 0.475. The topological polar surface area (TPSA) is 135 Å². The largest absolute Gasteiger partial charge is 0.467 e. The van der Waals surface area contributed by atoms with Crippen molar-refractivity contribution in [1.29, 1.82) is 0 Å². The molecule has 1 aliphatic rings. The van der Waals surface area contributed by atoms with Crippen LogP contribution in [0, 0.1) is 0 Å². The van der Waals surface area contributed by atoms with Crippen LogP contribution in [0.25, 0.3) is 0 Å². The summed E-state index contributed by atoms with van der Waals surface area (Å²) in [5, 5.41) is 31.5. The number of hydrogen-bond donors (Lipinski definition) is 4. The van der Waals surface area contributed by atoms with Gasteiger partial charge in [-0.25, -0.2) is 4.79 Å². The van der Waals surface area contributed by atoms with Crippen LogP contribution < -0.4 is 5.32 Å². The van der Waals surface area contributed by atoms with Crippen LogP contribution in [0.15, 0.2) is 0 Å². The van der Waals surface area contributed by atoms with Gasteiger partial charge in [-0.3, -0.25) is 4.79 Å². The Morgan fingerprint density at radius 3 is 2.48 bits per heavy atom. The average Bonchev–Trinajstić information content (AvgIpc) is 2.44. The van der Waals surface area contributed by atoms with Gasteiger partial charge in [0.15, 0.2) is 12.4 Å². The fraction of sp³-hybridized carbons (Fsp3) is 0.833. The summed E-state index contributed by atoms with van der Waals surface area (Å²) in [5.41, 5.74) is 0. The number of esters is 1. The van der Waals surface area contributed by atoms with Crippen molar-refractivity contribution in [2.45, 2.75) is 50.6 Å². The number of hydrogen-bond acceptors (Lipinski definition) is 8. The van der Waals surface area contributed by atoms with Crippen molar-refractivity contribution in [3.05, 3.63) is 0 Å². The number of carbonyl (C=O) groups is 2. The van der Waals surface area contributed by atoms with E-state index in [1.165, 1.54) is 21.0 Å².